The summed E-state index contributed by atoms with van der Waals surface area (Å²) in [5.41, 5.74) is 6.79. The Hall–Kier alpha value is -2.23. The fourth-order valence-electron chi connectivity index (χ4n) is 5.04. The molecule has 3 aliphatic rings. The maximum atomic E-state index is 13.4. The summed E-state index contributed by atoms with van der Waals surface area (Å²) < 4.78 is 33.8. The minimum absolute atomic E-state index is 0.0760. The van der Waals surface area contributed by atoms with Crippen molar-refractivity contribution in [3.8, 4) is 0 Å². The van der Waals surface area contributed by atoms with Gasteiger partial charge < -0.3 is 15.6 Å². The Bertz CT molecular complexity index is 1100. The predicted molar refractivity (Wildman–Crippen MR) is 118 cm³/mol. The molecule has 0 unspecified atom stereocenters. The van der Waals surface area contributed by atoms with Crippen LogP contribution in [0, 0.1) is 0 Å². The summed E-state index contributed by atoms with van der Waals surface area (Å²) in [4.78, 5) is 12.9. The van der Waals surface area contributed by atoms with Gasteiger partial charge in [0.25, 0.3) is 5.91 Å². The van der Waals surface area contributed by atoms with Crippen LogP contribution in [0.1, 0.15) is 80.1 Å². The summed E-state index contributed by atoms with van der Waals surface area (Å²) in [6, 6.07) is 8.29. The van der Waals surface area contributed by atoms with Crippen molar-refractivity contribution in [1.82, 2.24) is 14.8 Å². The average Bonchev–Trinajstić information content (AvgIpc) is 3.39. The number of nitrogens with two attached hydrogens (primary N) is 1. The first-order valence-corrected chi connectivity index (χ1v) is 12.8. The molecule has 2 aliphatic heterocycles. The highest BCUT2D eigenvalue weighted by molar-refractivity contribution is 7.89. The van der Waals surface area contributed by atoms with Crippen molar-refractivity contribution in [3.63, 3.8) is 0 Å². The van der Waals surface area contributed by atoms with E-state index < -0.39 is 15.6 Å². The molecule has 2 saturated heterocycles. The minimum atomic E-state index is -3.61. The Labute approximate surface area is 188 Å². The van der Waals surface area contributed by atoms with E-state index in [9.17, 15) is 13.2 Å². The lowest BCUT2D eigenvalue weighted by atomic mass is 9.96. The second kappa shape index (κ2) is 7.67. The monoisotopic (exact) mass is 458 g/mol. The van der Waals surface area contributed by atoms with Crippen LogP contribution in [0.25, 0.3) is 0 Å². The van der Waals surface area contributed by atoms with E-state index in [4.69, 9.17) is 10.3 Å². The molecule has 3 N–H and O–H groups in total. The van der Waals surface area contributed by atoms with E-state index in [0.717, 1.165) is 37.0 Å². The fraction of sp³-hybridized carbons (Fsp3) is 0.565. The molecule has 172 valence electrons. The number of nitrogens with one attached hydrogen (secondary N) is 1. The molecule has 1 aromatic carbocycles. The maximum Gasteiger partial charge on any atom is 0.273 e. The van der Waals surface area contributed by atoms with Crippen molar-refractivity contribution < 1.29 is 17.7 Å². The topological polar surface area (TPSA) is 119 Å². The molecule has 5 rings (SSSR count). The molecule has 1 saturated carbocycles. The zero-order chi connectivity index (χ0) is 22.7. The third-order valence-electron chi connectivity index (χ3n) is 6.92. The molecule has 0 spiro atoms. The lowest BCUT2D eigenvalue weighted by Crippen LogP contribution is -2.52. The first-order valence-electron chi connectivity index (χ1n) is 11.3. The average molecular weight is 459 g/mol. The van der Waals surface area contributed by atoms with Crippen LogP contribution >= 0.6 is 0 Å². The Morgan fingerprint density at radius 2 is 1.75 bits per heavy atom. The molecule has 3 heterocycles. The highest BCUT2D eigenvalue weighted by Gasteiger charge is 2.47. The van der Waals surface area contributed by atoms with Crippen LogP contribution in [0.5, 0.6) is 0 Å². The highest BCUT2D eigenvalue weighted by Crippen LogP contribution is 2.41. The van der Waals surface area contributed by atoms with E-state index in [-0.39, 0.29) is 24.0 Å². The maximum absolute atomic E-state index is 13.4. The van der Waals surface area contributed by atoms with Gasteiger partial charge in [-0.2, -0.15) is 4.31 Å². The quantitative estimate of drug-likeness (QED) is 0.687. The molecule has 32 heavy (non-hydrogen) atoms. The van der Waals surface area contributed by atoms with Crippen molar-refractivity contribution in [3.05, 3.63) is 47.3 Å². The van der Waals surface area contributed by atoms with Crippen molar-refractivity contribution in [2.75, 3.05) is 0 Å². The predicted octanol–water partition coefficient (Wildman–Crippen LogP) is 2.86. The van der Waals surface area contributed by atoms with Crippen molar-refractivity contribution in [1.29, 1.82) is 0 Å². The van der Waals surface area contributed by atoms with E-state index >= 15 is 0 Å². The fourth-order valence-corrected chi connectivity index (χ4v) is 6.93. The number of nitrogens with zero attached hydrogens (tertiary/aromatic N) is 2. The van der Waals surface area contributed by atoms with E-state index in [1.807, 2.05) is 13.8 Å². The number of rotatable bonds is 6. The summed E-state index contributed by atoms with van der Waals surface area (Å²) in [5, 5.41) is 6.96. The van der Waals surface area contributed by atoms with Gasteiger partial charge in [-0.25, -0.2) is 8.42 Å². The Kier molecular flexibility index (Phi) is 5.18. The SMILES string of the molecule is CC(C)(N)c1ccc(S(=O)(=O)N2[C@@H]3CC[C@H]2C[C@@H](NC(=O)c2cc(C4CC4)on2)C3)cc1. The van der Waals surface area contributed by atoms with Crippen LogP contribution in [0.15, 0.2) is 39.8 Å². The molecule has 0 radical (unpaired) electrons. The summed E-state index contributed by atoms with van der Waals surface area (Å²) in [7, 11) is -3.61. The molecule has 1 amide bonds. The van der Waals surface area contributed by atoms with Crippen LogP contribution in [0.3, 0.4) is 0 Å². The van der Waals surface area contributed by atoms with Gasteiger partial charge in [-0.05, 0) is 70.1 Å². The van der Waals surface area contributed by atoms with Crippen LogP contribution < -0.4 is 11.1 Å². The van der Waals surface area contributed by atoms with Crippen LogP contribution in [0.4, 0.5) is 0 Å². The number of piperidine rings is 1. The molecular formula is C23H30N4O4S. The number of carbonyl (C=O) groups is 1. The number of carbonyl (C=O) groups excluding carboxylic acids is 1. The van der Waals surface area contributed by atoms with Crippen LogP contribution in [-0.4, -0.2) is 41.9 Å². The van der Waals surface area contributed by atoms with Gasteiger partial charge in [-0.15, -0.1) is 0 Å². The number of sulfonamides is 1. The zero-order valence-corrected chi connectivity index (χ0v) is 19.3. The number of amides is 1. The zero-order valence-electron chi connectivity index (χ0n) is 18.5. The van der Waals surface area contributed by atoms with Gasteiger partial charge in [0, 0.05) is 35.6 Å². The molecule has 3 atom stereocenters. The molecular weight excluding hydrogens is 428 g/mol. The van der Waals surface area contributed by atoms with Gasteiger partial charge >= 0.3 is 0 Å². The van der Waals surface area contributed by atoms with Crippen LogP contribution in [0.2, 0.25) is 0 Å². The summed E-state index contributed by atoms with van der Waals surface area (Å²) in [5.74, 6) is 0.930. The number of hydrogen-bond acceptors (Lipinski definition) is 6. The summed E-state index contributed by atoms with van der Waals surface area (Å²) in [6.45, 7) is 3.78. The van der Waals surface area contributed by atoms with Gasteiger partial charge in [0.2, 0.25) is 10.0 Å². The Morgan fingerprint density at radius 3 is 2.31 bits per heavy atom. The van der Waals surface area contributed by atoms with Gasteiger partial charge in [0.05, 0.1) is 4.90 Å². The van der Waals surface area contributed by atoms with Crippen molar-refractivity contribution >= 4 is 15.9 Å². The highest BCUT2D eigenvalue weighted by atomic mass is 32.2. The third-order valence-corrected chi connectivity index (χ3v) is 8.94. The van der Waals surface area contributed by atoms with Gasteiger partial charge in [0.1, 0.15) is 5.76 Å². The molecule has 2 aromatic rings. The van der Waals surface area contributed by atoms with Crippen LogP contribution in [-0.2, 0) is 15.6 Å². The molecule has 8 nitrogen and oxygen atoms in total. The number of aromatic nitrogens is 1. The summed E-state index contributed by atoms with van der Waals surface area (Å²) >= 11 is 0. The molecule has 9 heteroatoms. The number of fused-ring (bicyclic) bond motifs is 2. The summed E-state index contributed by atoms with van der Waals surface area (Å²) in [6.07, 6.45) is 4.98. The number of hydrogen-bond donors (Lipinski definition) is 2. The molecule has 1 aromatic heterocycles. The molecule has 3 fully saturated rings. The van der Waals surface area contributed by atoms with E-state index in [1.165, 1.54) is 0 Å². The molecule has 1 aliphatic carbocycles. The first kappa shape index (κ1) is 21.6. The smallest absolute Gasteiger partial charge is 0.273 e. The molecule has 2 bridgehead atoms. The Morgan fingerprint density at radius 1 is 1.12 bits per heavy atom. The van der Waals surface area contributed by atoms with Gasteiger partial charge in [-0.1, -0.05) is 17.3 Å². The van der Waals surface area contributed by atoms with E-state index in [0.29, 0.717) is 29.3 Å². The second-order valence-corrected chi connectivity index (χ2v) is 11.8. The van der Waals surface area contributed by atoms with Crippen molar-refractivity contribution in [2.24, 2.45) is 5.73 Å². The lowest BCUT2D eigenvalue weighted by Gasteiger charge is -2.38. The van der Waals surface area contributed by atoms with E-state index in [1.54, 1.807) is 34.6 Å². The largest absolute Gasteiger partial charge is 0.360 e. The van der Waals surface area contributed by atoms with E-state index in [2.05, 4.69) is 10.5 Å². The second-order valence-electron chi connectivity index (χ2n) is 10.00. The first-order chi connectivity index (χ1) is 15.1. The lowest BCUT2D eigenvalue weighted by molar-refractivity contribution is 0.0900. The number of benzene rings is 1. The van der Waals surface area contributed by atoms with Gasteiger partial charge in [0.15, 0.2) is 5.69 Å². The van der Waals surface area contributed by atoms with Crippen molar-refractivity contribution in [2.45, 2.75) is 86.9 Å². The normalized spacial score (nSPS) is 26.3. The van der Waals surface area contributed by atoms with Gasteiger partial charge in [-0.3, -0.25) is 4.79 Å². The standard InChI is InChI=1S/C23H30N4O4S/c1-23(2,24)15-5-9-19(10-6-15)32(29,30)27-17-7-8-18(27)12-16(11-17)25-22(28)20-13-21(31-26-20)14-3-4-14/h5-6,9-10,13-14,16-18H,3-4,7-8,11-12,24H2,1-2H3,(H,25,28)/t16-,17+,18-. The Balaban J connectivity index is 1.27. The minimum Gasteiger partial charge on any atom is -0.360 e. The third kappa shape index (κ3) is 3.97.